The summed E-state index contributed by atoms with van der Waals surface area (Å²) in [5, 5.41) is 4.99. The first-order valence-electron chi connectivity index (χ1n) is 4.50. The normalized spacial score (nSPS) is 11.1. The van der Waals surface area contributed by atoms with Crippen LogP contribution in [0.5, 0.6) is 0 Å². The number of aryl methyl sites for hydroxylation is 1. The Morgan fingerprint density at radius 1 is 1.43 bits per heavy atom. The van der Waals surface area contributed by atoms with Gasteiger partial charge >= 0.3 is 0 Å². The molecule has 0 unspecified atom stereocenters. The van der Waals surface area contributed by atoms with Crippen LogP contribution in [0, 0.1) is 0 Å². The molecule has 0 nitrogen and oxygen atoms in total. The number of hydrogen-bond acceptors (Lipinski definition) is 1. The molecule has 0 saturated carbocycles. The van der Waals surface area contributed by atoms with Crippen molar-refractivity contribution in [2.24, 2.45) is 0 Å². The predicted molar refractivity (Wildman–Crippen MR) is 68.8 cm³/mol. The third kappa shape index (κ3) is 1.71. The largest absolute Gasteiger partial charge is 0.142 e. The molecular weight excluding hydrogens is 280 g/mol. The predicted octanol–water partition coefficient (Wildman–Crippen LogP) is 5.01. The average molecular weight is 290 g/mol. The van der Waals surface area contributed by atoms with Crippen molar-refractivity contribution in [3.05, 3.63) is 33.7 Å². The fourth-order valence-corrected chi connectivity index (χ4v) is 3.44. The van der Waals surface area contributed by atoms with Gasteiger partial charge in [0.05, 0.1) is 5.02 Å². The number of hydrogen-bond donors (Lipinski definition) is 0. The summed E-state index contributed by atoms with van der Waals surface area (Å²) in [6.07, 6.45) is 1.06. The molecule has 0 spiro atoms. The van der Waals surface area contributed by atoms with Gasteiger partial charge in [0.2, 0.25) is 0 Å². The van der Waals surface area contributed by atoms with E-state index in [-0.39, 0.29) is 0 Å². The second kappa shape index (κ2) is 4.21. The van der Waals surface area contributed by atoms with Gasteiger partial charge < -0.3 is 0 Å². The highest BCUT2D eigenvalue weighted by Crippen LogP contribution is 2.34. The molecule has 74 valence electrons. The lowest BCUT2D eigenvalue weighted by molar-refractivity contribution is 1.14. The molecule has 14 heavy (non-hydrogen) atoms. The van der Waals surface area contributed by atoms with Gasteiger partial charge in [0.25, 0.3) is 0 Å². The maximum absolute atomic E-state index is 6.13. The number of alkyl halides is 1. The Hall–Kier alpha value is -0.0500. The second-order valence-corrected chi connectivity index (χ2v) is 5.05. The van der Waals surface area contributed by atoms with Crippen LogP contribution in [-0.2, 0) is 11.8 Å². The zero-order chi connectivity index (χ0) is 10.1. The Bertz CT molecular complexity index is 462. The molecule has 2 rings (SSSR count). The number of rotatable bonds is 2. The van der Waals surface area contributed by atoms with Gasteiger partial charge in [0, 0.05) is 20.8 Å². The average Bonchev–Trinajstić information content (AvgIpc) is 2.59. The summed E-state index contributed by atoms with van der Waals surface area (Å²) >= 11 is 11.4. The van der Waals surface area contributed by atoms with Gasteiger partial charge in [-0.3, -0.25) is 0 Å². The summed E-state index contributed by atoms with van der Waals surface area (Å²) in [7, 11) is 0. The molecule has 0 bridgehead atoms. The van der Waals surface area contributed by atoms with Crippen LogP contribution < -0.4 is 0 Å². The minimum Gasteiger partial charge on any atom is -0.142 e. The molecule has 1 aromatic carbocycles. The summed E-state index contributed by atoms with van der Waals surface area (Å²) in [6.45, 7) is 2.17. The van der Waals surface area contributed by atoms with E-state index in [2.05, 4.69) is 35.0 Å². The summed E-state index contributed by atoms with van der Waals surface area (Å²) in [5.74, 6) is 0. The van der Waals surface area contributed by atoms with Crippen LogP contribution in [0.1, 0.15) is 18.1 Å². The Kier molecular flexibility index (Phi) is 3.15. The standard InChI is InChI=1S/C11H10BrClS/c1-2-7-3-8(5-12)11-9(4-7)10(13)6-14-11/h3-4,6H,2,5H2,1H3. The van der Waals surface area contributed by atoms with Crippen LogP contribution in [0.3, 0.4) is 0 Å². The van der Waals surface area contributed by atoms with Crippen LogP contribution in [0.4, 0.5) is 0 Å². The Labute approximate surface area is 101 Å². The summed E-state index contributed by atoms with van der Waals surface area (Å²) in [6, 6.07) is 4.45. The SMILES string of the molecule is CCc1cc(CBr)c2scc(Cl)c2c1. The lowest BCUT2D eigenvalue weighted by Gasteiger charge is -2.03. The van der Waals surface area contributed by atoms with Crippen molar-refractivity contribution in [3.8, 4) is 0 Å². The molecule has 0 aliphatic rings. The zero-order valence-corrected chi connectivity index (χ0v) is 11.0. The van der Waals surface area contributed by atoms with E-state index >= 15 is 0 Å². The van der Waals surface area contributed by atoms with Crippen molar-refractivity contribution in [3.63, 3.8) is 0 Å². The van der Waals surface area contributed by atoms with Gasteiger partial charge in [-0.25, -0.2) is 0 Å². The molecule has 0 atom stereocenters. The van der Waals surface area contributed by atoms with Crippen LogP contribution in [0.15, 0.2) is 17.5 Å². The van der Waals surface area contributed by atoms with Crippen molar-refractivity contribution >= 4 is 49.0 Å². The molecule has 3 heteroatoms. The Balaban J connectivity index is 2.76. The number of fused-ring (bicyclic) bond motifs is 1. The summed E-state index contributed by atoms with van der Waals surface area (Å²) in [5.41, 5.74) is 2.70. The van der Waals surface area contributed by atoms with Crippen molar-refractivity contribution in [2.45, 2.75) is 18.7 Å². The van der Waals surface area contributed by atoms with Crippen molar-refractivity contribution in [1.29, 1.82) is 0 Å². The molecule has 1 aromatic heterocycles. The first kappa shape index (κ1) is 10.5. The maximum Gasteiger partial charge on any atom is 0.0591 e. The molecule has 0 fully saturated rings. The number of benzene rings is 1. The molecule has 0 saturated heterocycles. The van der Waals surface area contributed by atoms with E-state index in [1.54, 1.807) is 11.3 Å². The van der Waals surface area contributed by atoms with E-state index in [0.29, 0.717) is 0 Å². The highest BCUT2D eigenvalue weighted by molar-refractivity contribution is 9.08. The molecule has 2 aromatic rings. The van der Waals surface area contributed by atoms with Crippen LogP contribution in [0.25, 0.3) is 10.1 Å². The molecule has 0 N–H and O–H groups in total. The molecule has 0 radical (unpaired) electrons. The lowest BCUT2D eigenvalue weighted by atomic mass is 10.1. The smallest absolute Gasteiger partial charge is 0.0591 e. The zero-order valence-electron chi connectivity index (χ0n) is 7.81. The number of halogens is 2. The molecule has 1 heterocycles. The third-order valence-corrected chi connectivity index (χ3v) is 4.43. The lowest BCUT2D eigenvalue weighted by Crippen LogP contribution is -1.84. The topological polar surface area (TPSA) is 0 Å². The fourth-order valence-electron chi connectivity index (χ4n) is 1.55. The van der Waals surface area contributed by atoms with Crippen LogP contribution >= 0.6 is 38.9 Å². The van der Waals surface area contributed by atoms with E-state index in [1.165, 1.54) is 21.2 Å². The van der Waals surface area contributed by atoms with Crippen LogP contribution in [-0.4, -0.2) is 0 Å². The first-order chi connectivity index (χ1) is 6.76. The minimum atomic E-state index is 0.877. The second-order valence-electron chi connectivity index (χ2n) is 3.20. The van der Waals surface area contributed by atoms with E-state index in [9.17, 15) is 0 Å². The van der Waals surface area contributed by atoms with Crippen molar-refractivity contribution < 1.29 is 0 Å². The van der Waals surface area contributed by atoms with Crippen molar-refractivity contribution in [2.75, 3.05) is 0 Å². The first-order valence-corrected chi connectivity index (χ1v) is 6.88. The third-order valence-electron chi connectivity index (χ3n) is 2.32. The minimum absolute atomic E-state index is 0.877. The monoisotopic (exact) mass is 288 g/mol. The van der Waals surface area contributed by atoms with Gasteiger partial charge in [-0.2, -0.15) is 0 Å². The highest BCUT2D eigenvalue weighted by Gasteiger charge is 2.07. The quantitative estimate of drug-likeness (QED) is 0.682. The van der Waals surface area contributed by atoms with Gasteiger partial charge in [-0.05, 0) is 23.6 Å². The van der Waals surface area contributed by atoms with Gasteiger partial charge in [0.1, 0.15) is 0 Å². The van der Waals surface area contributed by atoms with Gasteiger partial charge in [0.15, 0.2) is 0 Å². The summed E-state index contributed by atoms with van der Waals surface area (Å²) in [4.78, 5) is 0. The fraction of sp³-hybridized carbons (Fsp3) is 0.273. The van der Waals surface area contributed by atoms with Crippen LogP contribution in [0.2, 0.25) is 5.02 Å². The summed E-state index contributed by atoms with van der Waals surface area (Å²) < 4.78 is 1.31. The van der Waals surface area contributed by atoms with E-state index < -0.39 is 0 Å². The van der Waals surface area contributed by atoms with Gasteiger partial charge in [-0.15, -0.1) is 11.3 Å². The molecular formula is C11H10BrClS. The van der Waals surface area contributed by atoms with Gasteiger partial charge in [-0.1, -0.05) is 40.5 Å². The Morgan fingerprint density at radius 3 is 2.86 bits per heavy atom. The van der Waals surface area contributed by atoms with E-state index in [1.807, 2.05) is 5.38 Å². The molecule has 0 amide bonds. The van der Waals surface area contributed by atoms with Crippen molar-refractivity contribution in [1.82, 2.24) is 0 Å². The molecule has 0 aliphatic carbocycles. The van der Waals surface area contributed by atoms with E-state index in [0.717, 1.165) is 16.8 Å². The number of thiophene rings is 1. The van der Waals surface area contributed by atoms with E-state index in [4.69, 9.17) is 11.6 Å². The maximum atomic E-state index is 6.13. The highest BCUT2D eigenvalue weighted by atomic mass is 79.9. The molecule has 0 aliphatic heterocycles. The Morgan fingerprint density at radius 2 is 2.21 bits per heavy atom.